The van der Waals surface area contributed by atoms with Gasteiger partial charge in [0.1, 0.15) is 0 Å². The summed E-state index contributed by atoms with van der Waals surface area (Å²) in [5.41, 5.74) is 0.534. The zero-order valence-corrected chi connectivity index (χ0v) is 14.5. The number of rotatable bonds is 14. The van der Waals surface area contributed by atoms with Crippen LogP contribution in [-0.2, 0) is 9.53 Å². The molecule has 0 aromatic carbocycles. The number of hydrogen-bond acceptors (Lipinski definition) is 3. The van der Waals surface area contributed by atoms with E-state index in [1.165, 1.54) is 51.4 Å². The summed E-state index contributed by atoms with van der Waals surface area (Å²) in [6, 6.07) is 0. The predicted molar refractivity (Wildman–Crippen MR) is 90.5 cm³/mol. The van der Waals surface area contributed by atoms with Crippen LogP contribution in [0.3, 0.4) is 0 Å². The van der Waals surface area contributed by atoms with Gasteiger partial charge in [0.05, 0.1) is 6.61 Å². The SMILES string of the molecule is C=C(CN(C)C)C(=O)OCCCCCCCCCCCC. The third-order valence-electron chi connectivity index (χ3n) is 3.53. The normalized spacial score (nSPS) is 10.9. The fourth-order valence-electron chi connectivity index (χ4n) is 2.30. The van der Waals surface area contributed by atoms with Crippen molar-refractivity contribution in [2.45, 2.75) is 71.1 Å². The number of hydrogen-bond donors (Lipinski definition) is 0. The van der Waals surface area contributed by atoms with Crippen molar-refractivity contribution in [3.63, 3.8) is 0 Å². The Morgan fingerprint density at radius 2 is 1.38 bits per heavy atom. The first kappa shape index (κ1) is 20.2. The first-order valence-corrected chi connectivity index (χ1v) is 8.57. The second-order valence-corrected chi connectivity index (χ2v) is 6.16. The zero-order chi connectivity index (χ0) is 15.9. The van der Waals surface area contributed by atoms with Gasteiger partial charge in [-0.15, -0.1) is 0 Å². The molecule has 0 radical (unpaired) electrons. The van der Waals surface area contributed by atoms with E-state index in [9.17, 15) is 4.79 Å². The number of ether oxygens (including phenoxy) is 1. The molecule has 0 heterocycles. The Hall–Kier alpha value is -0.830. The van der Waals surface area contributed by atoms with Gasteiger partial charge in [-0.05, 0) is 20.5 Å². The number of esters is 1. The quantitative estimate of drug-likeness (QED) is 0.267. The first-order valence-electron chi connectivity index (χ1n) is 8.57. The van der Waals surface area contributed by atoms with Crippen LogP contribution < -0.4 is 0 Å². The highest BCUT2D eigenvalue weighted by Gasteiger charge is 2.08. The fourth-order valence-corrected chi connectivity index (χ4v) is 2.30. The third kappa shape index (κ3) is 13.9. The molecule has 124 valence electrons. The van der Waals surface area contributed by atoms with Crippen molar-refractivity contribution in [3.05, 3.63) is 12.2 Å². The highest BCUT2D eigenvalue weighted by molar-refractivity contribution is 5.88. The lowest BCUT2D eigenvalue weighted by molar-refractivity contribution is -0.139. The number of likely N-dealkylation sites (N-methyl/N-ethyl adjacent to an activating group) is 1. The summed E-state index contributed by atoms with van der Waals surface area (Å²) in [5.74, 6) is -0.250. The summed E-state index contributed by atoms with van der Waals surface area (Å²) in [6.07, 6.45) is 12.9. The highest BCUT2D eigenvalue weighted by Crippen LogP contribution is 2.10. The molecule has 0 aliphatic carbocycles. The van der Waals surface area contributed by atoms with Crippen LogP contribution in [0, 0.1) is 0 Å². The van der Waals surface area contributed by atoms with Crippen molar-refractivity contribution >= 4 is 5.97 Å². The van der Waals surface area contributed by atoms with Crippen molar-refractivity contribution in [1.82, 2.24) is 4.90 Å². The summed E-state index contributed by atoms with van der Waals surface area (Å²) >= 11 is 0. The van der Waals surface area contributed by atoms with Crippen LogP contribution in [-0.4, -0.2) is 38.1 Å². The lowest BCUT2D eigenvalue weighted by atomic mass is 10.1. The van der Waals surface area contributed by atoms with Crippen LogP contribution in [0.15, 0.2) is 12.2 Å². The van der Waals surface area contributed by atoms with Gasteiger partial charge in [0, 0.05) is 12.1 Å². The van der Waals surface area contributed by atoms with E-state index in [-0.39, 0.29) is 5.97 Å². The maximum Gasteiger partial charge on any atom is 0.334 e. The van der Waals surface area contributed by atoms with Crippen molar-refractivity contribution in [2.24, 2.45) is 0 Å². The van der Waals surface area contributed by atoms with Crippen molar-refractivity contribution in [1.29, 1.82) is 0 Å². The minimum Gasteiger partial charge on any atom is -0.462 e. The summed E-state index contributed by atoms with van der Waals surface area (Å²) < 4.78 is 5.21. The lowest BCUT2D eigenvalue weighted by Crippen LogP contribution is -2.20. The van der Waals surface area contributed by atoms with Gasteiger partial charge in [0.25, 0.3) is 0 Å². The van der Waals surface area contributed by atoms with Gasteiger partial charge in [-0.3, -0.25) is 0 Å². The molecular formula is C18H35NO2. The van der Waals surface area contributed by atoms with E-state index in [0.29, 0.717) is 18.7 Å². The Bertz CT molecular complexity index is 274. The summed E-state index contributed by atoms with van der Waals surface area (Å²) in [4.78, 5) is 13.5. The van der Waals surface area contributed by atoms with E-state index >= 15 is 0 Å². The van der Waals surface area contributed by atoms with Crippen LogP contribution in [0.25, 0.3) is 0 Å². The second-order valence-electron chi connectivity index (χ2n) is 6.16. The molecule has 0 aromatic rings. The Labute approximate surface area is 131 Å². The maximum atomic E-state index is 11.6. The van der Waals surface area contributed by atoms with Gasteiger partial charge in [-0.25, -0.2) is 4.79 Å². The molecule has 0 unspecified atom stereocenters. The Morgan fingerprint density at radius 3 is 1.86 bits per heavy atom. The van der Waals surface area contributed by atoms with Crippen molar-refractivity contribution in [3.8, 4) is 0 Å². The molecule has 3 heteroatoms. The number of unbranched alkanes of at least 4 members (excludes halogenated alkanes) is 9. The molecule has 3 nitrogen and oxygen atoms in total. The molecule has 21 heavy (non-hydrogen) atoms. The molecule has 0 bridgehead atoms. The van der Waals surface area contributed by atoms with Crippen LogP contribution in [0.2, 0.25) is 0 Å². The molecule has 0 aromatic heterocycles. The molecule has 0 N–H and O–H groups in total. The molecule has 0 aliphatic rings. The van der Waals surface area contributed by atoms with Crippen LogP contribution in [0.1, 0.15) is 71.1 Å². The smallest absolute Gasteiger partial charge is 0.334 e. The Balaban J connectivity index is 3.28. The summed E-state index contributed by atoms with van der Waals surface area (Å²) in [5, 5.41) is 0. The standard InChI is InChI=1S/C18H35NO2/c1-5-6-7-8-9-10-11-12-13-14-15-21-18(20)17(2)16-19(3)4/h2,5-16H2,1,3-4H3. The first-order chi connectivity index (χ1) is 10.1. The zero-order valence-electron chi connectivity index (χ0n) is 14.5. The molecule has 0 saturated carbocycles. The minimum absolute atomic E-state index is 0.250. The topological polar surface area (TPSA) is 29.5 Å². The molecule has 0 amide bonds. The Morgan fingerprint density at radius 1 is 0.905 bits per heavy atom. The summed E-state index contributed by atoms with van der Waals surface area (Å²) in [6.45, 7) is 7.10. The number of carbonyl (C=O) groups is 1. The molecule has 0 fully saturated rings. The third-order valence-corrected chi connectivity index (χ3v) is 3.53. The monoisotopic (exact) mass is 297 g/mol. The van der Waals surface area contributed by atoms with Gasteiger partial charge < -0.3 is 9.64 Å². The van der Waals surface area contributed by atoms with Gasteiger partial charge in [-0.2, -0.15) is 0 Å². The number of carbonyl (C=O) groups excluding carboxylic acids is 1. The Kier molecular flexibility index (Phi) is 13.6. The van der Waals surface area contributed by atoms with Crippen molar-refractivity contribution < 1.29 is 9.53 Å². The number of nitrogens with zero attached hydrogens (tertiary/aromatic N) is 1. The highest BCUT2D eigenvalue weighted by atomic mass is 16.5. The second kappa shape index (κ2) is 14.1. The average molecular weight is 297 g/mol. The van der Waals surface area contributed by atoms with E-state index in [4.69, 9.17) is 4.74 Å². The minimum atomic E-state index is -0.250. The molecule has 0 rings (SSSR count). The van der Waals surface area contributed by atoms with Crippen molar-refractivity contribution in [2.75, 3.05) is 27.2 Å². The van der Waals surface area contributed by atoms with Crippen LogP contribution >= 0.6 is 0 Å². The van der Waals surface area contributed by atoms with Crippen LogP contribution in [0.5, 0.6) is 0 Å². The molecule has 0 saturated heterocycles. The van der Waals surface area contributed by atoms with E-state index in [1.807, 2.05) is 19.0 Å². The van der Waals surface area contributed by atoms with E-state index in [1.54, 1.807) is 0 Å². The predicted octanol–water partition coefficient (Wildman–Crippen LogP) is 4.57. The lowest BCUT2D eigenvalue weighted by Gasteiger charge is -2.11. The van der Waals surface area contributed by atoms with Gasteiger partial charge >= 0.3 is 5.97 Å². The molecule has 0 spiro atoms. The molecular weight excluding hydrogens is 262 g/mol. The van der Waals surface area contributed by atoms with Gasteiger partial charge in [-0.1, -0.05) is 71.3 Å². The maximum absolute atomic E-state index is 11.6. The van der Waals surface area contributed by atoms with E-state index in [2.05, 4.69) is 13.5 Å². The molecule has 0 atom stereocenters. The average Bonchev–Trinajstić information content (AvgIpc) is 2.43. The fraction of sp³-hybridized carbons (Fsp3) is 0.833. The largest absolute Gasteiger partial charge is 0.462 e. The van der Waals surface area contributed by atoms with Gasteiger partial charge in [0.2, 0.25) is 0 Å². The summed E-state index contributed by atoms with van der Waals surface area (Å²) in [7, 11) is 3.83. The van der Waals surface area contributed by atoms with E-state index in [0.717, 1.165) is 12.8 Å². The van der Waals surface area contributed by atoms with Gasteiger partial charge in [0.15, 0.2) is 0 Å². The molecule has 0 aliphatic heterocycles. The van der Waals surface area contributed by atoms with Crippen LogP contribution in [0.4, 0.5) is 0 Å². The van der Waals surface area contributed by atoms with E-state index < -0.39 is 0 Å².